The number of rotatable bonds is 6. The maximum absolute atomic E-state index is 12.0. The van der Waals surface area contributed by atoms with Crippen LogP contribution in [0.3, 0.4) is 0 Å². The quantitative estimate of drug-likeness (QED) is 0.849. The lowest BCUT2D eigenvalue weighted by Gasteiger charge is -2.07. The molecule has 96 valence electrons. The van der Waals surface area contributed by atoms with Crippen molar-refractivity contribution in [1.29, 1.82) is 0 Å². The molecule has 1 aromatic rings. The minimum atomic E-state index is -0.766. The van der Waals surface area contributed by atoms with Crippen LogP contribution in [0.4, 0.5) is 0 Å². The summed E-state index contributed by atoms with van der Waals surface area (Å²) in [6.07, 6.45) is 5.15. The Morgan fingerprint density at radius 3 is 2.76 bits per heavy atom. The van der Waals surface area contributed by atoms with Gasteiger partial charge in [0.2, 0.25) is 0 Å². The number of hydrogen-bond donors (Lipinski definition) is 1. The summed E-state index contributed by atoms with van der Waals surface area (Å²) in [4.78, 5) is 0. The normalized spacial score (nSPS) is 18.6. The van der Waals surface area contributed by atoms with Gasteiger partial charge in [-0.1, -0.05) is 12.8 Å². The molecular weight excluding hydrogens is 234 g/mol. The van der Waals surface area contributed by atoms with Crippen LogP contribution in [-0.4, -0.2) is 17.0 Å². The summed E-state index contributed by atoms with van der Waals surface area (Å²) in [6.45, 7) is 0.731. The van der Waals surface area contributed by atoms with E-state index in [1.165, 1.54) is 25.7 Å². The van der Waals surface area contributed by atoms with Gasteiger partial charge in [-0.15, -0.1) is 0 Å². The van der Waals surface area contributed by atoms with Gasteiger partial charge in [0.25, 0.3) is 0 Å². The molecule has 0 aliphatic heterocycles. The summed E-state index contributed by atoms with van der Waals surface area (Å²) in [7, 11) is 1.12. The highest BCUT2D eigenvalue weighted by molar-refractivity contribution is 7.84. The first-order valence-electron chi connectivity index (χ1n) is 6.35. The maximum Gasteiger partial charge on any atom is 0.117 e. The second-order valence-corrected chi connectivity index (χ2v) is 6.30. The molecule has 0 bridgehead atoms. The van der Waals surface area contributed by atoms with E-state index in [0.717, 1.165) is 23.8 Å². The zero-order chi connectivity index (χ0) is 12.1. The molecule has 0 radical (unpaired) electrons. The van der Waals surface area contributed by atoms with Crippen molar-refractivity contribution in [3.63, 3.8) is 0 Å². The summed E-state index contributed by atoms with van der Waals surface area (Å²) >= 11 is 0. The third kappa shape index (κ3) is 3.96. The number of nitrogens with one attached hydrogen (secondary N) is 1. The third-order valence-corrected chi connectivity index (χ3v) is 4.72. The van der Waals surface area contributed by atoms with Crippen LogP contribution in [-0.2, 0) is 23.1 Å². The van der Waals surface area contributed by atoms with E-state index in [4.69, 9.17) is 4.42 Å². The summed E-state index contributed by atoms with van der Waals surface area (Å²) in [5.74, 6) is 3.87. The molecule has 0 saturated heterocycles. The van der Waals surface area contributed by atoms with E-state index < -0.39 is 10.8 Å². The average Bonchev–Trinajstić information content (AvgIpc) is 2.91. The van der Waals surface area contributed by atoms with Crippen molar-refractivity contribution in [3.8, 4) is 0 Å². The summed E-state index contributed by atoms with van der Waals surface area (Å²) in [5.41, 5.74) is 0. The van der Waals surface area contributed by atoms with Crippen molar-refractivity contribution in [2.45, 2.75) is 38.0 Å². The molecule has 1 N–H and O–H groups in total. The van der Waals surface area contributed by atoms with Crippen molar-refractivity contribution >= 4 is 10.8 Å². The molecule has 17 heavy (non-hydrogen) atoms. The molecule has 4 heteroatoms. The van der Waals surface area contributed by atoms with Crippen LogP contribution < -0.4 is 5.32 Å². The highest BCUT2D eigenvalue weighted by atomic mass is 32.2. The Morgan fingerprint density at radius 1 is 1.35 bits per heavy atom. The Kier molecular flexibility index (Phi) is 4.80. The largest absolute Gasteiger partial charge is 0.464 e. The zero-order valence-corrected chi connectivity index (χ0v) is 11.2. The van der Waals surface area contributed by atoms with Crippen LogP contribution in [0.25, 0.3) is 0 Å². The molecule has 1 atom stereocenters. The van der Waals surface area contributed by atoms with E-state index >= 15 is 0 Å². The van der Waals surface area contributed by atoms with Crippen molar-refractivity contribution in [3.05, 3.63) is 23.7 Å². The maximum atomic E-state index is 12.0. The number of hydrogen-bond acceptors (Lipinski definition) is 3. The van der Waals surface area contributed by atoms with Crippen LogP contribution in [0.1, 0.15) is 37.2 Å². The minimum Gasteiger partial charge on any atom is -0.464 e. The van der Waals surface area contributed by atoms with Gasteiger partial charge in [0.05, 0.1) is 12.3 Å². The Labute approximate surface area is 105 Å². The Morgan fingerprint density at radius 2 is 2.06 bits per heavy atom. The molecule has 0 spiro atoms. The van der Waals surface area contributed by atoms with Crippen LogP contribution in [0, 0.1) is 5.92 Å². The molecule has 1 saturated carbocycles. The van der Waals surface area contributed by atoms with E-state index in [9.17, 15) is 4.21 Å². The Balaban J connectivity index is 1.80. The van der Waals surface area contributed by atoms with Crippen molar-refractivity contribution < 1.29 is 8.63 Å². The van der Waals surface area contributed by atoms with Gasteiger partial charge >= 0.3 is 0 Å². The fraction of sp³-hybridized carbons (Fsp3) is 0.692. The third-order valence-electron chi connectivity index (χ3n) is 3.27. The fourth-order valence-electron chi connectivity index (χ4n) is 2.43. The van der Waals surface area contributed by atoms with Gasteiger partial charge in [0.1, 0.15) is 11.5 Å². The van der Waals surface area contributed by atoms with Gasteiger partial charge < -0.3 is 9.73 Å². The van der Waals surface area contributed by atoms with Crippen molar-refractivity contribution in [2.75, 3.05) is 12.8 Å². The summed E-state index contributed by atoms with van der Waals surface area (Å²) in [5, 5.41) is 3.04. The number of furan rings is 1. The topological polar surface area (TPSA) is 42.2 Å². The van der Waals surface area contributed by atoms with Crippen LogP contribution in [0.5, 0.6) is 0 Å². The van der Waals surface area contributed by atoms with E-state index in [1.807, 2.05) is 19.2 Å². The lowest BCUT2D eigenvalue weighted by molar-refractivity contribution is 0.467. The molecular formula is C13H21NO2S. The molecule has 3 nitrogen and oxygen atoms in total. The first kappa shape index (κ1) is 12.8. The second kappa shape index (κ2) is 6.36. The standard InChI is InChI=1S/C13H21NO2S/c1-14-8-12-6-7-13(16-12)10-17(15)9-11-4-2-3-5-11/h6-7,11,14H,2-5,8-10H2,1H3. The van der Waals surface area contributed by atoms with E-state index in [1.54, 1.807) is 0 Å². The van der Waals surface area contributed by atoms with Gasteiger partial charge in [-0.25, -0.2) is 0 Å². The molecule has 1 aliphatic carbocycles. The van der Waals surface area contributed by atoms with Gasteiger partial charge in [0, 0.05) is 16.6 Å². The van der Waals surface area contributed by atoms with Gasteiger partial charge in [-0.3, -0.25) is 4.21 Å². The molecule has 0 aromatic carbocycles. The monoisotopic (exact) mass is 255 g/mol. The molecule has 1 fully saturated rings. The van der Waals surface area contributed by atoms with Crippen LogP contribution in [0.2, 0.25) is 0 Å². The molecule has 2 rings (SSSR count). The first-order chi connectivity index (χ1) is 8.28. The van der Waals surface area contributed by atoms with Crippen LogP contribution >= 0.6 is 0 Å². The Hall–Kier alpha value is -0.610. The minimum absolute atomic E-state index is 0.570. The van der Waals surface area contributed by atoms with Crippen molar-refractivity contribution in [2.24, 2.45) is 5.92 Å². The van der Waals surface area contributed by atoms with E-state index in [-0.39, 0.29) is 0 Å². The summed E-state index contributed by atoms with van der Waals surface area (Å²) in [6, 6.07) is 3.90. The van der Waals surface area contributed by atoms with Crippen molar-refractivity contribution in [1.82, 2.24) is 5.32 Å². The molecule has 1 unspecified atom stereocenters. The first-order valence-corrected chi connectivity index (χ1v) is 7.84. The van der Waals surface area contributed by atoms with Gasteiger partial charge in [-0.2, -0.15) is 0 Å². The molecule has 0 amide bonds. The van der Waals surface area contributed by atoms with E-state index in [0.29, 0.717) is 11.7 Å². The molecule has 1 aliphatic rings. The smallest absolute Gasteiger partial charge is 0.117 e. The molecule has 1 aromatic heterocycles. The zero-order valence-electron chi connectivity index (χ0n) is 10.4. The predicted molar refractivity (Wildman–Crippen MR) is 70.1 cm³/mol. The SMILES string of the molecule is CNCc1ccc(CS(=O)CC2CCCC2)o1. The highest BCUT2D eigenvalue weighted by Crippen LogP contribution is 2.26. The lowest BCUT2D eigenvalue weighted by atomic mass is 10.1. The average molecular weight is 255 g/mol. The van der Waals surface area contributed by atoms with E-state index in [2.05, 4.69) is 5.32 Å². The van der Waals surface area contributed by atoms with Crippen LogP contribution in [0.15, 0.2) is 16.5 Å². The highest BCUT2D eigenvalue weighted by Gasteiger charge is 2.18. The predicted octanol–water partition coefficient (Wildman–Crippen LogP) is 2.44. The second-order valence-electron chi connectivity index (χ2n) is 4.80. The fourth-order valence-corrected chi connectivity index (χ4v) is 3.88. The lowest BCUT2D eigenvalue weighted by Crippen LogP contribution is -2.09. The van der Waals surface area contributed by atoms with Gasteiger partial charge in [-0.05, 0) is 37.9 Å². The Bertz CT molecular complexity index is 369. The summed E-state index contributed by atoms with van der Waals surface area (Å²) < 4.78 is 17.6. The van der Waals surface area contributed by atoms with Gasteiger partial charge in [0.15, 0.2) is 0 Å². The molecule has 1 heterocycles.